The molecular weight excluding hydrogens is 390 g/mol. The van der Waals surface area contributed by atoms with Crippen molar-refractivity contribution in [1.29, 1.82) is 5.26 Å². The van der Waals surface area contributed by atoms with E-state index in [4.69, 9.17) is 9.84 Å². The molecule has 2 aliphatic rings. The van der Waals surface area contributed by atoms with E-state index in [0.29, 0.717) is 25.7 Å². The van der Waals surface area contributed by atoms with Gasteiger partial charge in [0.15, 0.2) is 0 Å². The molecule has 31 heavy (non-hydrogen) atoms. The van der Waals surface area contributed by atoms with Gasteiger partial charge in [0.2, 0.25) is 0 Å². The van der Waals surface area contributed by atoms with E-state index in [1.165, 1.54) is 4.90 Å². The Hall–Kier alpha value is -3.04. The fourth-order valence-corrected chi connectivity index (χ4v) is 4.83. The Morgan fingerprint density at radius 3 is 2.42 bits per heavy atom. The fourth-order valence-electron chi connectivity index (χ4n) is 4.83. The van der Waals surface area contributed by atoms with Crippen LogP contribution in [0.2, 0.25) is 0 Å². The molecule has 2 aromatic carbocycles. The Balaban J connectivity index is 1.38. The first kappa shape index (κ1) is 21.2. The lowest BCUT2D eigenvalue weighted by molar-refractivity contribution is 0.0672. The summed E-state index contributed by atoms with van der Waals surface area (Å²) in [6.45, 7) is 3.19. The average Bonchev–Trinajstić information content (AvgIpc) is 2.84. The second kappa shape index (κ2) is 9.40. The van der Waals surface area contributed by atoms with Gasteiger partial charge in [-0.2, -0.15) is 5.26 Å². The topological polar surface area (TPSA) is 76.8 Å². The highest BCUT2D eigenvalue weighted by Gasteiger charge is 2.39. The number of rotatable bonds is 5. The summed E-state index contributed by atoms with van der Waals surface area (Å²) in [7, 11) is 0. The quantitative estimate of drug-likeness (QED) is 0.783. The third-order valence-corrected chi connectivity index (χ3v) is 6.76. The van der Waals surface area contributed by atoms with Crippen molar-refractivity contribution in [2.45, 2.75) is 43.7 Å². The van der Waals surface area contributed by atoms with Crippen molar-refractivity contribution in [2.24, 2.45) is 0 Å². The zero-order chi connectivity index (χ0) is 21.7. The lowest BCUT2D eigenvalue weighted by atomic mass is 9.69. The first-order valence-corrected chi connectivity index (χ1v) is 11.0. The van der Waals surface area contributed by atoms with Gasteiger partial charge in [0, 0.05) is 32.2 Å². The molecule has 162 valence electrons. The molecule has 1 saturated carbocycles. The van der Waals surface area contributed by atoms with Gasteiger partial charge in [0.25, 0.3) is 0 Å². The standard InChI is InChI=1S/C25H29N3O3/c26-19-25(11-9-22(10-12-25)27-13-15-28(16-14-27)24(29)30)21-7-4-8-23(17-21)31-18-20-5-2-1-3-6-20/h1-8,17,22H,9-16,18H2,(H,29,30)/t22-,25-. The summed E-state index contributed by atoms with van der Waals surface area (Å²) in [6, 6.07) is 21.1. The van der Waals surface area contributed by atoms with Crippen LogP contribution in [0.1, 0.15) is 36.8 Å². The number of hydrogen-bond donors (Lipinski definition) is 1. The maximum absolute atomic E-state index is 11.1. The normalized spacial score (nSPS) is 24.4. The number of carboxylic acid groups (broad SMARTS) is 1. The summed E-state index contributed by atoms with van der Waals surface area (Å²) in [5, 5.41) is 19.3. The van der Waals surface area contributed by atoms with Gasteiger partial charge in [0.1, 0.15) is 12.4 Å². The van der Waals surface area contributed by atoms with Crippen molar-refractivity contribution < 1.29 is 14.6 Å². The highest BCUT2D eigenvalue weighted by molar-refractivity contribution is 5.65. The van der Waals surface area contributed by atoms with Gasteiger partial charge in [-0.25, -0.2) is 4.79 Å². The summed E-state index contributed by atoms with van der Waals surface area (Å²) >= 11 is 0. The first-order chi connectivity index (χ1) is 15.1. The molecule has 0 unspecified atom stereocenters. The Bertz CT molecular complexity index is 925. The number of amides is 1. The van der Waals surface area contributed by atoms with Gasteiger partial charge in [-0.3, -0.25) is 4.90 Å². The molecule has 2 fully saturated rings. The molecule has 1 aliphatic carbocycles. The van der Waals surface area contributed by atoms with E-state index in [-0.39, 0.29) is 0 Å². The highest BCUT2D eigenvalue weighted by atomic mass is 16.5. The molecule has 1 aliphatic heterocycles. The van der Waals surface area contributed by atoms with Crippen LogP contribution in [0.15, 0.2) is 54.6 Å². The number of piperazine rings is 1. The SMILES string of the molecule is N#C[C@]1(c2cccc(OCc3ccccc3)c2)CC[C@H](N2CCN(C(=O)O)CC2)CC1. The van der Waals surface area contributed by atoms with Crippen molar-refractivity contribution in [2.75, 3.05) is 26.2 Å². The van der Waals surface area contributed by atoms with Crippen LogP contribution >= 0.6 is 0 Å². The van der Waals surface area contributed by atoms with Crippen LogP contribution in [0.4, 0.5) is 4.79 Å². The third-order valence-electron chi connectivity index (χ3n) is 6.76. The van der Waals surface area contributed by atoms with Crippen LogP contribution in [-0.2, 0) is 12.0 Å². The van der Waals surface area contributed by atoms with Crippen LogP contribution in [0.3, 0.4) is 0 Å². The van der Waals surface area contributed by atoms with Gasteiger partial charge >= 0.3 is 6.09 Å². The second-order valence-electron chi connectivity index (χ2n) is 8.53. The van der Waals surface area contributed by atoms with Crippen LogP contribution < -0.4 is 4.74 Å². The third kappa shape index (κ3) is 4.83. The number of benzene rings is 2. The molecule has 6 heteroatoms. The van der Waals surface area contributed by atoms with E-state index in [2.05, 4.69) is 11.0 Å². The predicted molar refractivity (Wildman–Crippen MR) is 118 cm³/mol. The van der Waals surface area contributed by atoms with Crippen LogP contribution in [0.5, 0.6) is 5.75 Å². The van der Waals surface area contributed by atoms with E-state index in [1.54, 1.807) is 0 Å². The van der Waals surface area contributed by atoms with Crippen LogP contribution in [0, 0.1) is 11.3 Å². The van der Waals surface area contributed by atoms with E-state index in [9.17, 15) is 10.1 Å². The van der Waals surface area contributed by atoms with Gasteiger partial charge < -0.3 is 14.7 Å². The highest BCUT2D eigenvalue weighted by Crippen LogP contribution is 2.41. The summed E-state index contributed by atoms with van der Waals surface area (Å²) in [4.78, 5) is 15.0. The lowest BCUT2D eigenvalue weighted by Gasteiger charge is -2.43. The Morgan fingerprint density at radius 2 is 1.77 bits per heavy atom. The summed E-state index contributed by atoms with van der Waals surface area (Å²) in [5.74, 6) is 0.794. The number of carbonyl (C=O) groups is 1. The van der Waals surface area contributed by atoms with Crippen molar-refractivity contribution in [3.8, 4) is 11.8 Å². The molecule has 2 aromatic rings. The molecule has 0 aromatic heterocycles. The monoisotopic (exact) mass is 419 g/mol. The van der Waals surface area contributed by atoms with Gasteiger partial charge in [-0.05, 0) is 48.9 Å². The molecule has 1 N–H and O–H groups in total. The first-order valence-electron chi connectivity index (χ1n) is 11.0. The minimum atomic E-state index is -0.832. The van der Waals surface area contributed by atoms with E-state index >= 15 is 0 Å². The molecule has 0 bridgehead atoms. The number of nitrogens with zero attached hydrogens (tertiary/aromatic N) is 3. The molecule has 1 amide bonds. The maximum Gasteiger partial charge on any atom is 0.407 e. The van der Waals surface area contributed by atoms with E-state index < -0.39 is 11.5 Å². The summed E-state index contributed by atoms with van der Waals surface area (Å²) < 4.78 is 5.99. The van der Waals surface area contributed by atoms with E-state index in [0.717, 1.165) is 55.6 Å². The molecule has 6 nitrogen and oxygen atoms in total. The van der Waals surface area contributed by atoms with Gasteiger partial charge in [-0.1, -0.05) is 42.5 Å². The summed E-state index contributed by atoms with van der Waals surface area (Å²) in [5.41, 5.74) is 1.67. The number of hydrogen-bond acceptors (Lipinski definition) is 4. The second-order valence-corrected chi connectivity index (χ2v) is 8.53. The number of nitriles is 1. The molecule has 1 saturated heterocycles. The number of ether oxygens (including phenoxy) is 1. The van der Waals surface area contributed by atoms with Crippen molar-refractivity contribution in [1.82, 2.24) is 9.80 Å². The molecule has 0 atom stereocenters. The average molecular weight is 420 g/mol. The maximum atomic E-state index is 11.1. The molecule has 1 heterocycles. The predicted octanol–water partition coefficient (Wildman–Crippen LogP) is 4.27. The Morgan fingerprint density at radius 1 is 1.06 bits per heavy atom. The molecular formula is C25H29N3O3. The zero-order valence-corrected chi connectivity index (χ0v) is 17.7. The molecule has 4 rings (SSSR count). The van der Waals surface area contributed by atoms with Crippen molar-refractivity contribution in [3.05, 3.63) is 65.7 Å². The minimum absolute atomic E-state index is 0.426. The Labute approximate surface area is 183 Å². The summed E-state index contributed by atoms with van der Waals surface area (Å²) in [6.07, 6.45) is 2.71. The smallest absolute Gasteiger partial charge is 0.407 e. The van der Waals surface area contributed by atoms with Gasteiger partial charge in [-0.15, -0.1) is 0 Å². The van der Waals surface area contributed by atoms with E-state index in [1.807, 2.05) is 54.6 Å². The molecule has 0 spiro atoms. The zero-order valence-electron chi connectivity index (χ0n) is 17.7. The van der Waals surface area contributed by atoms with Crippen LogP contribution in [0.25, 0.3) is 0 Å². The van der Waals surface area contributed by atoms with Crippen molar-refractivity contribution in [3.63, 3.8) is 0 Å². The van der Waals surface area contributed by atoms with Crippen LogP contribution in [-0.4, -0.2) is 53.2 Å². The van der Waals surface area contributed by atoms with Crippen molar-refractivity contribution >= 4 is 6.09 Å². The minimum Gasteiger partial charge on any atom is -0.489 e. The largest absolute Gasteiger partial charge is 0.489 e. The lowest BCUT2D eigenvalue weighted by Crippen LogP contribution is -2.53. The fraction of sp³-hybridized carbons (Fsp3) is 0.440. The Kier molecular flexibility index (Phi) is 6.43. The molecule has 0 radical (unpaired) electrons. The van der Waals surface area contributed by atoms with Gasteiger partial charge in [0.05, 0.1) is 11.5 Å².